The number of hydrogen-bond donors (Lipinski definition) is 0. The second-order valence-electron chi connectivity index (χ2n) is 12.0. The van der Waals surface area contributed by atoms with E-state index in [-0.39, 0.29) is 0 Å². The van der Waals surface area contributed by atoms with E-state index in [1.54, 1.807) is 0 Å². The van der Waals surface area contributed by atoms with Crippen molar-refractivity contribution in [1.82, 2.24) is 24.1 Å². The van der Waals surface area contributed by atoms with Gasteiger partial charge >= 0.3 is 0 Å². The number of pyridine rings is 3. The van der Waals surface area contributed by atoms with Crippen molar-refractivity contribution in [1.29, 1.82) is 0 Å². The zero-order chi connectivity index (χ0) is 31.6. The average Bonchev–Trinajstić information content (AvgIpc) is 3.60. The van der Waals surface area contributed by atoms with Crippen LogP contribution in [0.2, 0.25) is 0 Å². The maximum atomic E-state index is 5.01. The number of para-hydroxylation sites is 2. The highest BCUT2D eigenvalue weighted by molar-refractivity contribution is 6.10. The number of rotatable bonds is 5. The molecule has 4 aromatic carbocycles. The summed E-state index contributed by atoms with van der Waals surface area (Å²) in [5.74, 6) is 0. The Labute approximate surface area is 276 Å². The van der Waals surface area contributed by atoms with Crippen LogP contribution < -0.4 is 0 Å². The second-order valence-corrected chi connectivity index (χ2v) is 12.0. The standard InChI is InChI=1S/C42H26N6/c1-3-13-38-32(9-1)34-25-43-22-21-40(34)48(38)31-8-5-7-28(23-31)29-17-20-36(44-24-29)37-12-6-11-35(46-37)27-15-18-30(19-16-27)47-39-14-4-2-10-33(39)42-41(47)26-45-42/h1-26H. The normalized spacial score (nSPS) is 12.1. The van der Waals surface area contributed by atoms with E-state index < -0.39 is 0 Å². The Kier molecular flexibility index (Phi) is 5.77. The van der Waals surface area contributed by atoms with Crippen LogP contribution in [0.4, 0.5) is 5.69 Å². The first-order valence-electron chi connectivity index (χ1n) is 16.0. The highest BCUT2D eigenvalue weighted by atomic mass is 15.1. The Balaban J connectivity index is 0.949. The zero-order valence-electron chi connectivity index (χ0n) is 25.7. The summed E-state index contributed by atoms with van der Waals surface area (Å²) in [6.45, 7) is 0. The molecule has 48 heavy (non-hydrogen) atoms. The first-order valence-corrected chi connectivity index (χ1v) is 16.0. The third-order valence-corrected chi connectivity index (χ3v) is 9.31. The fraction of sp³-hybridized carbons (Fsp3) is 0. The summed E-state index contributed by atoms with van der Waals surface area (Å²) in [5.41, 5.74) is 13.7. The Morgan fingerprint density at radius 3 is 2.02 bits per heavy atom. The smallest absolute Gasteiger partial charge is 0.0980 e. The van der Waals surface area contributed by atoms with Crippen molar-refractivity contribution in [3.05, 3.63) is 158 Å². The predicted molar refractivity (Wildman–Crippen MR) is 195 cm³/mol. The third-order valence-electron chi connectivity index (χ3n) is 9.31. The number of fused-ring (bicyclic) bond motifs is 6. The number of nitrogens with zero attached hydrogens (tertiary/aromatic N) is 6. The number of hydrogen-bond acceptors (Lipinski definition) is 4. The molecule has 6 heterocycles. The van der Waals surface area contributed by atoms with Gasteiger partial charge in [0.25, 0.3) is 0 Å². The van der Waals surface area contributed by atoms with Crippen LogP contribution in [0, 0.1) is 0 Å². The summed E-state index contributed by atoms with van der Waals surface area (Å²) in [7, 11) is 0. The van der Waals surface area contributed by atoms with Gasteiger partial charge in [0.1, 0.15) is 0 Å². The van der Waals surface area contributed by atoms with Crippen molar-refractivity contribution in [3.63, 3.8) is 0 Å². The molecule has 9 aromatic rings. The van der Waals surface area contributed by atoms with Gasteiger partial charge in [-0.05, 0) is 66.2 Å². The molecule has 0 unspecified atom stereocenters. The molecule has 0 bridgehead atoms. The van der Waals surface area contributed by atoms with E-state index in [0.717, 1.165) is 72.9 Å². The summed E-state index contributed by atoms with van der Waals surface area (Å²) >= 11 is 0. The molecule has 0 saturated heterocycles. The summed E-state index contributed by atoms with van der Waals surface area (Å²) in [5, 5.41) is 3.52. The van der Waals surface area contributed by atoms with Crippen molar-refractivity contribution in [2.24, 2.45) is 4.99 Å². The lowest BCUT2D eigenvalue weighted by atomic mass is 10.1. The van der Waals surface area contributed by atoms with Gasteiger partial charge in [0, 0.05) is 57.3 Å². The van der Waals surface area contributed by atoms with Crippen molar-refractivity contribution >= 4 is 44.6 Å². The molecule has 0 atom stereocenters. The molecule has 0 fully saturated rings. The molecule has 0 amide bonds. The van der Waals surface area contributed by atoms with Crippen molar-refractivity contribution in [2.75, 3.05) is 0 Å². The monoisotopic (exact) mass is 614 g/mol. The molecule has 1 aliphatic heterocycles. The quantitative estimate of drug-likeness (QED) is 0.194. The van der Waals surface area contributed by atoms with Crippen molar-refractivity contribution in [3.8, 4) is 45.1 Å². The fourth-order valence-corrected chi connectivity index (χ4v) is 6.99. The Morgan fingerprint density at radius 2 is 1.21 bits per heavy atom. The number of benzene rings is 4. The van der Waals surface area contributed by atoms with Gasteiger partial charge in [-0.2, -0.15) is 0 Å². The lowest BCUT2D eigenvalue weighted by molar-refractivity contribution is 1.10. The molecule has 10 rings (SSSR count). The lowest BCUT2D eigenvalue weighted by Gasteiger charge is -2.12. The molecular formula is C42H26N6. The molecule has 0 aliphatic carbocycles. The van der Waals surface area contributed by atoms with Gasteiger partial charge in [-0.15, -0.1) is 0 Å². The Morgan fingerprint density at radius 1 is 0.458 bits per heavy atom. The second kappa shape index (κ2) is 10.4. The van der Waals surface area contributed by atoms with E-state index in [9.17, 15) is 0 Å². The van der Waals surface area contributed by atoms with E-state index in [2.05, 4.69) is 134 Å². The average molecular weight is 615 g/mol. The van der Waals surface area contributed by atoms with Crippen LogP contribution in [-0.2, 0) is 0 Å². The molecular weight excluding hydrogens is 589 g/mol. The van der Waals surface area contributed by atoms with E-state index >= 15 is 0 Å². The summed E-state index contributed by atoms with van der Waals surface area (Å²) in [4.78, 5) is 18.8. The Hall–Kier alpha value is -6.66. The molecule has 0 radical (unpaired) electrons. The SMILES string of the molecule is C1=Nc2c1n(-c1ccc(-c3cccc(-c4ccc(-c5cccc(-n6c7ccccc7c7cnccc76)c5)cn4)n3)cc1)c1ccccc21. The van der Waals surface area contributed by atoms with Gasteiger partial charge in [-0.1, -0.05) is 72.8 Å². The van der Waals surface area contributed by atoms with Crippen LogP contribution in [0.3, 0.4) is 0 Å². The minimum atomic E-state index is 0.834. The highest BCUT2D eigenvalue weighted by Gasteiger charge is 2.21. The van der Waals surface area contributed by atoms with Gasteiger partial charge in [-0.25, -0.2) is 4.98 Å². The van der Waals surface area contributed by atoms with Gasteiger partial charge < -0.3 is 9.13 Å². The molecule has 1 aliphatic rings. The number of aromatic nitrogens is 5. The fourth-order valence-electron chi connectivity index (χ4n) is 6.99. The first-order chi connectivity index (χ1) is 23.8. The topological polar surface area (TPSA) is 60.9 Å². The van der Waals surface area contributed by atoms with E-state index in [1.807, 2.05) is 43.0 Å². The minimum absolute atomic E-state index is 0.834. The molecule has 5 aromatic heterocycles. The van der Waals surface area contributed by atoms with Crippen molar-refractivity contribution in [2.45, 2.75) is 0 Å². The Bertz CT molecular complexity index is 2660. The largest absolute Gasteiger partial charge is 0.309 e. The van der Waals surface area contributed by atoms with E-state index in [0.29, 0.717) is 0 Å². The lowest BCUT2D eigenvalue weighted by Crippen LogP contribution is -2.02. The zero-order valence-corrected chi connectivity index (χ0v) is 25.7. The first kappa shape index (κ1) is 26.5. The van der Waals surface area contributed by atoms with Crippen LogP contribution in [-0.4, -0.2) is 30.3 Å². The molecule has 0 N–H and O–H groups in total. The molecule has 0 saturated carbocycles. The maximum Gasteiger partial charge on any atom is 0.0980 e. The molecule has 6 heteroatoms. The molecule has 0 spiro atoms. The summed E-state index contributed by atoms with van der Waals surface area (Å²) in [6, 6.07) is 46.5. The van der Waals surface area contributed by atoms with Crippen LogP contribution >= 0.6 is 0 Å². The molecule has 224 valence electrons. The van der Waals surface area contributed by atoms with Gasteiger partial charge in [0.2, 0.25) is 0 Å². The highest BCUT2D eigenvalue weighted by Crippen LogP contribution is 2.39. The summed E-state index contributed by atoms with van der Waals surface area (Å²) < 4.78 is 4.58. The van der Waals surface area contributed by atoms with E-state index in [4.69, 9.17) is 9.97 Å². The predicted octanol–water partition coefficient (Wildman–Crippen LogP) is 9.98. The number of aliphatic imine (C=N–C) groups is 1. The van der Waals surface area contributed by atoms with Crippen molar-refractivity contribution < 1.29 is 0 Å². The summed E-state index contributed by atoms with van der Waals surface area (Å²) in [6.07, 6.45) is 7.68. The van der Waals surface area contributed by atoms with Crippen LogP contribution in [0.15, 0.2) is 157 Å². The van der Waals surface area contributed by atoms with Gasteiger partial charge in [0.15, 0.2) is 0 Å². The van der Waals surface area contributed by atoms with Crippen LogP contribution in [0.25, 0.3) is 77.9 Å². The van der Waals surface area contributed by atoms with E-state index in [1.165, 1.54) is 16.3 Å². The van der Waals surface area contributed by atoms with Gasteiger partial charge in [0.05, 0.1) is 51.2 Å². The maximum absolute atomic E-state index is 5.01. The molecule has 6 nitrogen and oxygen atoms in total. The third kappa shape index (κ3) is 4.06. The van der Waals surface area contributed by atoms with Crippen LogP contribution in [0.5, 0.6) is 0 Å². The minimum Gasteiger partial charge on any atom is -0.309 e. The van der Waals surface area contributed by atoms with Crippen LogP contribution in [0.1, 0.15) is 5.69 Å². The van der Waals surface area contributed by atoms with Gasteiger partial charge in [-0.3, -0.25) is 15.0 Å².